The van der Waals surface area contributed by atoms with E-state index in [1.807, 2.05) is 30.3 Å². The van der Waals surface area contributed by atoms with Crippen molar-refractivity contribution in [1.82, 2.24) is 25.4 Å². The Morgan fingerprint density at radius 1 is 1.23 bits per heavy atom. The highest BCUT2D eigenvalue weighted by Gasteiger charge is 2.36. The standard InChI is InChI=1S/C27H31ClFN5O5/c1-27(37,25(36)39-14-11-34-9-12-38-13-10-34)17-22(30-24(35)23-31-26(28)33-32-23)15-18-5-7-19(8-6-18)20-3-2-4-21(29)16-20/h2-8,16,22,37H,9-15,17H2,1H3,(H,30,35)(H,31,32,33)/t22-,27-/m0/s1. The van der Waals surface area contributed by atoms with E-state index in [1.165, 1.54) is 19.1 Å². The zero-order valence-corrected chi connectivity index (χ0v) is 22.3. The van der Waals surface area contributed by atoms with Crippen LogP contribution in [0.3, 0.4) is 0 Å². The molecule has 1 aliphatic rings. The molecule has 0 saturated carbocycles. The fourth-order valence-electron chi connectivity index (χ4n) is 4.36. The highest BCUT2D eigenvalue weighted by Crippen LogP contribution is 2.23. The first kappa shape index (κ1) is 28.6. The number of halogens is 2. The van der Waals surface area contributed by atoms with Gasteiger partial charge in [0.05, 0.1) is 13.2 Å². The van der Waals surface area contributed by atoms with E-state index < -0.39 is 23.5 Å². The van der Waals surface area contributed by atoms with Crippen LogP contribution in [-0.2, 0) is 20.7 Å². The molecule has 0 aliphatic carbocycles. The summed E-state index contributed by atoms with van der Waals surface area (Å²) >= 11 is 5.75. The predicted octanol–water partition coefficient (Wildman–Crippen LogP) is 2.62. The van der Waals surface area contributed by atoms with Crippen LogP contribution in [0.5, 0.6) is 0 Å². The highest BCUT2D eigenvalue weighted by atomic mass is 35.5. The molecule has 0 radical (unpaired) electrons. The van der Waals surface area contributed by atoms with Crippen LogP contribution in [-0.4, -0.2) is 88.2 Å². The molecular formula is C27H31ClFN5O5. The lowest BCUT2D eigenvalue weighted by Gasteiger charge is -2.29. The Hall–Kier alpha value is -3.38. The van der Waals surface area contributed by atoms with Crippen molar-refractivity contribution in [3.8, 4) is 11.1 Å². The molecule has 2 atom stereocenters. The van der Waals surface area contributed by atoms with Crippen molar-refractivity contribution < 1.29 is 28.6 Å². The van der Waals surface area contributed by atoms with Crippen LogP contribution >= 0.6 is 11.6 Å². The number of morpholine rings is 1. The SMILES string of the molecule is C[C@](O)(C[C@H](Cc1ccc(-c2cccc(F)c2)cc1)NC(=O)c1n[nH]c(Cl)n1)C(=O)OCCN1CCOCC1. The van der Waals surface area contributed by atoms with Gasteiger partial charge in [0.25, 0.3) is 5.91 Å². The fraction of sp³-hybridized carbons (Fsp3) is 0.407. The van der Waals surface area contributed by atoms with E-state index in [2.05, 4.69) is 25.4 Å². The van der Waals surface area contributed by atoms with Crippen LogP contribution in [0.1, 0.15) is 29.5 Å². The Morgan fingerprint density at radius 3 is 2.64 bits per heavy atom. The summed E-state index contributed by atoms with van der Waals surface area (Å²) in [5.41, 5.74) is 0.506. The molecule has 208 valence electrons. The third kappa shape index (κ3) is 8.30. The lowest BCUT2D eigenvalue weighted by Crippen LogP contribution is -2.47. The van der Waals surface area contributed by atoms with Crippen LogP contribution in [0.15, 0.2) is 48.5 Å². The lowest BCUT2D eigenvalue weighted by atomic mass is 9.92. The number of nitrogens with one attached hydrogen (secondary N) is 2. The van der Waals surface area contributed by atoms with E-state index in [-0.39, 0.29) is 36.4 Å². The maximum Gasteiger partial charge on any atom is 0.337 e. The van der Waals surface area contributed by atoms with Gasteiger partial charge in [-0.1, -0.05) is 36.4 Å². The Labute approximate surface area is 230 Å². The number of hydrogen-bond donors (Lipinski definition) is 3. The summed E-state index contributed by atoms with van der Waals surface area (Å²) in [6.45, 7) is 4.80. The minimum Gasteiger partial charge on any atom is -0.462 e. The molecule has 1 aliphatic heterocycles. The van der Waals surface area contributed by atoms with Gasteiger partial charge in [0, 0.05) is 32.1 Å². The van der Waals surface area contributed by atoms with Crippen molar-refractivity contribution in [1.29, 1.82) is 0 Å². The van der Waals surface area contributed by atoms with Crippen LogP contribution in [0.4, 0.5) is 4.39 Å². The van der Waals surface area contributed by atoms with Gasteiger partial charge in [-0.05, 0) is 53.8 Å². The summed E-state index contributed by atoms with van der Waals surface area (Å²) < 4.78 is 24.3. The molecule has 2 heterocycles. The van der Waals surface area contributed by atoms with Crippen LogP contribution in [0, 0.1) is 5.82 Å². The highest BCUT2D eigenvalue weighted by molar-refractivity contribution is 6.28. The summed E-state index contributed by atoms with van der Waals surface area (Å²) in [5.74, 6) is -1.89. The number of aliphatic hydroxyl groups is 1. The average molecular weight is 560 g/mol. The number of carbonyl (C=O) groups is 2. The third-order valence-electron chi connectivity index (χ3n) is 6.42. The average Bonchev–Trinajstić information content (AvgIpc) is 3.36. The Balaban J connectivity index is 1.43. The number of nitrogens with zero attached hydrogens (tertiary/aromatic N) is 3. The van der Waals surface area contributed by atoms with Crippen molar-refractivity contribution in [3.05, 3.63) is 71.0 Å². The maximum absolute atomic E-state index is 13.6. The van der Waals surface area contributed by atoms with E-state index >= 15 is 0 Å². The normalized spacial score (nSPS) is 16.3. The van der Waals surface area contributed by atoms with E-state index in [0.29, 0.717) is 19.8 Å². The van der Waals surface area contributed by atoms with Gasteiger partial charge in [-0.15, -0.1) is 5.10 Å². The van der Waals surface area contributed by atoms with E-state index in [4.69, 9.17) is 21.1 Å². The maximum atomic E-state index is 13.6. The molecule has 0 spiro atoms. The first-order chi connectivity index (χ1) is 18.7. The minimum atomic E-state index is -1.87. The van der Waals surface area contributed by atoms with Gasteiger partial charge in [-0.3, -0.25) is 9.69 Å². The molecule has 0 unspecified atom stereocenters. The molecule has 3 aromatic rings. The van der Waals surface area contributed by atoms with Gasteiger partial charge in [-0.25, -0.2) is 14.3 Å². The lowest BCUT2D eigenvalue weighted by molar-refractivity contribution is -0.165. The number of hydrogen-bond acceptors (Lipinski definition) is 8. The molecule has 0 bridgehead atoms. The van der Waals surface area contributed by atoms with Crippen molar-refractivity contribution in [2.75, 3.05) is 39.5 Å². The van der Waals surface area contributed by atoms with E-state index in [0.717, 1.165) is 29.8 Å². The fourth-order valence-corrected chi connectivity index (χ4v) is 4.49. The molecule has 1 fully saturated rings. The predicted molar refractivity (Wildman–Crippen MR) is 142 cm³/mol. The summed E-state index contributed by atoms with van der Waals surface area (Å²) in [6.07, 6.45) is 0.156. The zero-order valence-electron chi connectivity index (χ0n) is 21.5. The number of benzene rings is 2. The molecule has 10 nitrogen and oxygen atoms in total. The number of esters is 1. The number of amides is 1. The molecule has 12 heteroatoms. The number of ether oxygens (including phenoxy) is 2. The molecule has 1 amide bonds. The van der Waals surface area contributed by atoms with E-state index in [1.54, 1.807) is 6.07 Å². The summed E-state index contributed by atoms with van der Waals surface area (Å²) in [6, 6.07) is 13.0. The van der Waals surface area contributed by atoms with Crippen molar-refractivity contribution in [2.45, 2.75) is 31.4 Å². The van der Waals surface area contributed by atoms with E-state index in [9.17, 15) is 19.1 Å². The molecule has 4 rings (SSSR count). The smallest absolute Gasteiger partial charge is 0.337 e. The van der Waals surface area contributed by atoms with Gasteiger partial charge in [0.1, 0.15) is 12.4 Å². The molecule has 1 aromatic heterocycles. The monoisotopic (exact) mass is 559 g/mol. The first-order valence-electron chi connectivity index (χ1n) is 12.6. The molecule has 2 aromatic carbocycles. The second-order valence-corrected chi connectivity index (χ2v) is 9.96. The van der Waals surface area contributed by atoms with Crippen molar-refractivity contribution in [3.63, 3.8) is 0 Å². The van der Waals surface area contributed by atoms with Crippen LogP contribution in [0.25, 0.3) is 11.1 Å². The van der Waals surface area contributed by atoms with Gasteiger partial charge in [0.2, 0.25) is 11.1 Å². The summed E-state index contributed by atoms with van der Waals surface area (Å²) in [4.78, 5) is 31.5. The van der Waals surface area contributed by atoms with Crippen molar-refractivity contribution >= 4 is 23.5 Å². The Morgan fingerprint density at radius 2 is 1.97 bits per heavy atom. The number of H-pyrrole nitrogens is 1. The number of carbonyl (C=O) groups excluding carboxylic acids is 2. The van der Waals surface area contributed by atoms with Gasteiger partial charge in [0.15, 0.2) is 5.60 Å². The largest absolute Gasteiger partial charge is 0.462 e. The summed E-state index contributed by atoms with van der Waals surface area (Å²) in [5, 5.41) is 19.9. The van der Waals surface area contributed by atoms with Crippen LogP contribution in [0.2, 0.25) is 5.28 Å². The third-order valence-corrected chi connectivity index (χ3v) is 6.59. The number of rotatable bonds is 11. The molecule has 39 heavy (non-hydrogen) atoms. The van der Waals surface area contributed by atoms with Crippen LogP contribution < -0.4 is 5.32 Å². The Bertz CT molecular complexity index is 1260. The molecular weight excluding hydrogens is 529 g/mol. The van der Waals surface area contributed by atoms with Gasteiger partial charge < -0.3 is 19.9 Å². The second-order valence-electron chi connectivity index (χ2n) is 9.60. The number of aromatic amines is 1. The quantitative estimate of drug-likeness (QED) is 0.306. The molecule has 1 saturated heterocycles. The van der Waals surface area contributed by atoms with Gasteiger partial charge in [-0.2, -0.15) is 4.98 Å². The first-order valence-corrected chi connectivity index (χ1v) is 13.0. The topological polar surface area (TPSA) is 130 Å². The van der Waals surface area contributed by atoms with Crippen molar-refractivity contribution in [2.24, 2.45) is 0 Å². The summed E-state index contributed by atoms with van der Waals surface area (Å²) in [7, 11) is 0. The van der Waals surface area contributed by atoms with Gasteiger partial charge >= 0.3 is 5.97 Å². The zero-order chi connectivity index (χ0) is 27.8. The Kier molecular flexibility index (Phi) is 9.63. The minimum absolute atomic E-state index is 0.0412. The molecule has 3 N–H and O–H groups in total. The second kappa shape index (κ2) is 13.1. The number of aromatic nitrogens is 3.